The molecule has 6 heteroatoms. The van der Waals surface area contributed by atoms with E-state index in [2.05, 4.69) is 25.9 Å². The molecule has 0 unspecified atom stereocenters. The second-order valence-corrected chi connectivity index (χ2v) is 5.85. The predicted octanol–water partition coefficient (Wildman–Crippen LogP) is 4.14. The molecule has 0 aliphatic heterocycles. The van der Waals surface area contributed by atoms with Crippen LogP contribution in [0.25, 0.3) is 10.2 Å². The highest BCUT2D eigenvalue weighted by atomic mass is 79.9. The normalized spacial score (nSPS) is 10.8. The summed E-state index contributed by atoms with van der Waals surface area (Å²) in [4.78, 5) is 9.17. The van der Waals surface area contributed by atoms with Gasteiger partial charge >= 0.3 is 0 Å². The van der Waals surface area contributed by atoms with Gasteiger partial charge < -0.3 is 10.5 Å². The van der Waals surface area contributed by atoms with E-state index < -0.39 is 0 Å². The molecule has 0 spiro atoms. The molecule has 2 heterocycles. The van der Waals surface area contributed by atoms with Crippen molar-refractivity contribution in [2.75, 3.05) is 5.73 Å². The van der Waals surface area contributed by atoms with Crippen molar-refractivity contribution in [2.45, 2.75) is 6.92 Å². The Balaban J connectivity index is 2.07. The van der Waals surface area contributed by atoms with Crippen molar-refractivity contribution < 1.29 is 4.74 Å². The van der Waals surface area contributed by atoms with Crippen LogP contribution in [0, 0.1) is 6.92 Å². The molecular formula is C13H10BrN3OS. The first-order valence-corrected chi connectivity index (χ1v) is 7.25. The molecule has 0 radical (unpaired) electrons. The summed E-state index contributed by atoms with van der Waals surface area (Å²) < 4.78 is 6.89. The Hall–Kier alpha value is -1.66. The average molecular weight is 336 g/mol. The first kappa shape index (κ1) is 12.4. The van der Waals surface area contributed by atoms with Gasteiger partial charge in [0.05, 0.1) is 5.39 Å². The molecule has 2 N–H and O–H groups in total. The van der Waals surface area contributed by atoms with E-state index in [1.165, 1.54) is 11.3 Å². The highest BCUT2D eigenvalue weighted by molar-refractivity contribution is 9.10. The largest absolute Gasteiger partial charge is 0.438 e. The number of ether oxygens (including phenoxy) is 1. The van der Waals surface area contributed by atoms with Crippen LogP contribution in [0.1, 0.15) is 5.56 Å². The molecule has 1 aromatic carbocycles. The standard InChI is InChI=1S/C13H10BrN3OS/c1-7-6-8(14)2-3-10(7)18-11-9-4-5-19-12(9)17-13(15)16-11/h2-6H,1H3,(H2,15,16,17). The van der Waals surface area contributed by atoms with E-state index in [1.54, 1.807) is 0 Å². The van der Waals surface area contributed by atoms with E-state index in [-0.39, 0.29) is 5.95 Å². The lowest BCUT2D eigenvalue weighted by molar-refractivity contribution is 0.465. The maximum absolute atomic E-state index is 5.87. The number of aryl methyl sites for hydroxylation is 1. The SMILES string of the molecule is Cc1cc(Br)ccc1Oc1nc(N)nc2sccc12. The molecule has 2 aromatic heterocycles. The number of thiophene rings is 1. The van der Waals surface area contributed by atoms with Gasteiger partial charge in [0.25, 0.3) is 0 Å². The lowest BCUT2D eigenvalue weighted by atomic mass is 10.2. The minimum Gasteiger partial charge on any atom is -0.438 e. The highest BCUT2D eigenvalue weighted by Gasteiger charge is 2.11. The fraction of sp³-hybridized carbons (Fsp3) is 0.0769. The Morgan fingerprint density at radius 3 is 2.89 bits per heavy atom. The molecule has 0 saturated carbocycles. The number of hydrogen-bond acceptors (Lipinski definition) is 5. The monoisotopic (exact) mass is 335 g/mol. The summed E-state index contributed by atoms with van der Waals surface area (Å²) in [5.74, 6) is 1.47. The summed E-state index contributed by atoms with van der Waals surface area (Å²) in [5.41, 5.74) is 6.72. The molecule has 19 heavy (non-hydrogen) atoms. The Morgan fingerprint density at radius 2 is 2.11 bits per heavy atom. The smallest absolute Gasteiger partial charge is 0.232 e. The summed E-state index contributed by atoms with van der Waals surface area (Å²) in [6.07, 6.45) is 0. The first-order valence-electron chi connectivity index (χ1n) is 5.58. The molecule has 0 aliphatic carbocycles. The Labute approximate surface area is 122 Å². The number of aromatic nitrogens is 2. The number of fused-ring (bicyclic) bond motifs is 1. The van der Waals surface area contributed by atoms with Gasteiger partial charge in [-0.1, -0.05) is 15.9 Å². The van der Waals surface area contributed by atoms with E-state index in [9.17, 15) is 0 Å². The molecule has 0 amide bonds. The zero-order valence-corrected chi connectivity index (χ0v) is 12.5. The van der Waals surface area contributed by atoms with Gasteiger partial charge in [-0.05, 0) is 42.1 Å². The number of nitrogen functional groups attached to an aromatic ring is 1. The number of nitrogens with zero attached hydrogens (tertiary/aromatic N) is 2. The molecular weight excluding hydrogens is 326 g/mol. The second-order valence-electron chi connectivity index (χ2n) is 4.04. The maximum Gasteiger partial charge on any atom is 0.232 e. The Bertz CT molecular complexity index is 757. The minimum atomic E-state index is 0.222. The predicted molar refractivity (Wildman–Crippen MR) is 80.8 cm³/mol. The zero-order chi connectivity index (χ0) is 13.4. The van der Waals surface area contributed by atoms with Crippen LogP contribution in [-0.4, -0.2) is 9.97 Å². The molecule has 0 aliphatic rings. The van der Waals surface area contributed by atoms with Crippen LogP contribution in [0.3, 0.4) is 0 Å². The number of rotatable bonds is 2. The fourth-order valence-electron chi connectivity index (χ4n) is 1.75. The zero-order valence-electron chi connectivity index (χ0n) is 10.1. The van der Waals surface area contributed by atoms with Gasteiger partial charge in [-0.2, -0.15) is 4.98 Å². The van der Waals surface area contributed by atoms with Gasteiger partial charge in [0.2, 0.25) is 11.8 Å². The molecule has 3 aromatic rings. The van der Waals surface area contributed by atoms with Crippen LogP contribution in [0.4, 0.5) is 5.95 Å². The van der Waals surface area contributed by atoms with Crippen LogP contribution in [0.5, 0.6) is 11.6 Å². The van der Waals surface area contributed by atoms with Crippen molar-refractivity contribution in [1.82, 2.24) is 9.97 Å². The summed E-state index contributed by atoms with van der Waals surface area (Å²) >= 11 is 4.94. The van der Waals surface area contributed by atoms with Gasteiger partial charge in [0.15, 0.2) is 0 Å². The second kappa shape index (κ2) is 4.79. The van der Waals surface area contributed by atoms with Crippen molar-refractivity contribution in [3.8, 4) is 11.6 Å². The molecule has 4 nitrogen and oxygen atoms in total. The summed E-state index contributed by atoms with van der Waals surface area (Å²) in [6, 6.07) is 7.75. The number of nitrogens with two attached hydrogens (primary N) is 1. The lowest BCUT2D eigenvalue weighted by Crippen LogP contribution is -1.97. The molecule has 0 bridgehead atoms. The molecule has 0 fully saturated rings. The van der Waals surface area contributed by atoms with Gasteiger partial charge in [0.1, 0.15) is 10.6 Å². The Morgan fingerprint density at radius 1 is 1.26 bits per heavy atom. The van der Waals surface area contributed by atoms with Gasteiger partial charge in [-0.25, -0.2) is 4.98 Å². The maximum atomic E-state index is 5.87. The minimum absolute atomic E-state index is 0.222. The van der Waals surface area contributed by atoms with Crippen molar-refractivity contribution in [3.63, 3.8) is 0 Å². The van der Waals surface area contributed by atoms with Gasteiger partial charge in [0, 0.05) is 4.47 Å². The molecule has 0 atom stereocenters. The van der Waals surface area contributed by atoms with Crippen molar-refractivity contribution in [2.24, 2.45) is 0 Å². The summed E-state index contributed by atoms with van der Waals surface area (Å²) in [5, 5.41) is 2.82. The number of benzene rings is 1. The van der Waals surface area contributed by atoms with E-state index in [1.807, 2.05) is 36.6 Å². The van der Waals surface area contributed by atoms with Crippen LogP contribution in [-0.2, 0) is 0 Å². The summed E-state index contributed by atoms with van der Waals surface area (Å²) in [6.45, 7) is 1.98. The lowest BCUT2D eigenvalue weighted by Gasteiger charge is -2.09. The first-order chi connectivity index (χ1) is 9.13. The van der Waals surface area contributed by atoms with Crippen LogP contribution >= 0.6 is 27.3 Å². The van der Waals surface area contributed by atoms with E-state index in [0.29, 0.717) is 5.88 Å². The third kappa shape index (κ3) is 2.41. The van der Waals surface area contributed by atoms with E-state index in [0.717, 1.165) is 26.0 Å². The van der Waals surface area contributed by atoms with E-state index in [4.69, 9.17) is 10.5 Å². The van der Waals surface area contributed by atoms with Crippen molar-refractivity contribution >= 4 is 43.4 Å². The van der Waals surface area contributed by atoms with Crippen molar-refractivity contribution in [3.05, 3.63) is 39.7 Å². The average Bonchev–Trinajstić information content (AvgIpc) is 2.80. The van der Waals surface area contributed by atoms with Gasteiger partial charge in [-0.3, -0.25) is 0 Å². The Kier molecular flexibility index (Phi) is 3.12. The van der Waals surface area contributed by atoms with Crippen LogP contribution in [0.2, 0.25) is 0 Å². The number of anilines is 1. The fourth-order valence-corrected chi connectivity index (χ4v) is 2.99. The third-order valence-corrected chi connectivity index (χ3v) is 3.95. The quantitative estimate of drug-likeness (QED) is 0.764. The summed E-state index contributed by atoms with van der Waals surface area (Å²) in [7, 11) is 0. The highest BCUT2D eigenvalue weighted by Crippen LogP contribution is 2.32. The molecule has 96 valence electrons. The molecule has 3 rings (SSSR count). The topological polar surface area (TPSA) is 61.0 Å². The number of hydrogen-bond donors (Lipinski definition) is 1. The molecule has 0 saturated heterocycles. The van der Waals surface area contributed by atoms with Gasteiger partial charge in [-0.15, -0.1) is 11.3 Å². The van der Waals surface area contributed by atoms with Crippen LogP contribution in [0.15, 0.2) is 34.1 Å². The van der Waals surface area contributed by atoms with Crippen molar-refractivity contribution in [1.29, 1.82) is 0 Å². The van der Waals surface area contributed by atoms with Crippen LogP contribution < -0.4 is 10.5 Å². The third-order valence-electron chi connectivity index (χ3n) is 2.65. The number of halogens is 1. The van der Waals surface area contributed by atoms with E-state index >= 15 is 0 Å².